The summed E-state index contributed by atoms with van der Waals surface area (Å²) in [5.41, 5.74) is 0.929. The molecule has 1 heterocycles. The zero-order valence-electron chi connectivity index (χ0n) is 15.2. The molecule has 2 rings (SSSR count). The third kappa shape index (κ3) is 4.79. The van der Waals surface area contributed by atoms with Crippen LogP contribution in [-0.4, -0.2) is 51.7 Å². The third-order valence-corrected chi connectivity index (χ3v) is 6.35. The van der Waals surface area contributed by atoms with Crippen LogP contribution in [0.25, 0.3) is 0 Å². The molecule has 1 atom stereocenters. The molecular formula is C18H30N2O3S. The molecule has 5 nitrogen and oxygen atoms in total. The maximum Gasteiger partial charge on any atom is 0.240 e. The number of hydrogen-bond acceptors (Lipinski definition) is 4. The topological polar surface area (TPSA) is 58.6 Å². The molecule has 1 N–H and O–H groups in total. The lowest BCUT2D eigenvalue weighted by Gasteiger charge is -2.40. The average molecular weight is 355 g/mol. The molecule has 1 aliphatic heterocycles. The number of hydrogen-bond donors (Lipinski definition) is 1. The highest BCUT2D eigenvalue weighted by molar-refractivity contribution is 7.89. The van der Waals surface area contributed by atoms with Gasteiger partial charge in [0.1, 0.15) is 0 Å². The highest BCUT2D eigenvalue weighted by Gasteiger charge is 2.30. The summed E-state index contributed by atoms with van der Waals surface area (Å²) in [7, 11) is -3.49. The van der Waals surface area contributed by atoms with Gasteiger partial charge in [-0.05, 0) is 43.9 Å². The van der Waals surface area contributed by atoms with E-state index in [1.54, 1.807) is 12.1 Å². The van der Waals surface area contributed by atoms with E-state index in [0.29, 0.717) is 30.6 Å². The van der Waals surface area contributed by atoms with Crippen molar-refractivity contribution >= 4 is 10.0 Å². The summed E-state index contributed by atoms with van der Waals surface area (Å²) in [6, 6.07) is 7.23. The van der Waals surface area contributed by atoms with Crippen LogP contribution in [0.5, 0.6) is 0 Å². The molecule has 24 heavy (non-hydrogen) atoms. The van der Waals surface area contributed by atoms with Gasteiger partial charge in [-0.25, -0.2) is 13.1 Å². The Morgan fingerprint density at radius 2 is 1.79 bits per heavy atom. The predicted octanol–water partition coefficient (Wildman–Crippen LogP) is 2.59. The Hall–Kier alpha value is -0.950. The standard InChI is InChI=1S/C18H30N2O3S/c1-5-15(2)16-6-8-17(9-7-16)24(21,22)19-14-18(3,4)20-10-12-23-13-11-20/h6-9,15,19H,5,10-14H2,1-4H3. The fraction of sp³-hybridized carbons (Fsp3) is 0.667. The first-order valence-electron chi connectivity index (χ1n) is 8.68. The van der Waals surface area contributed by atoms with Crippen molar-refractivity contribution in [2.75, 3.05) is 32.8 Å². The Kier molecular flexibility index (Phi) is 6.42. The highest BCUT2D eigenvalue weighted by Crippen LogP contribution is 2.21. The first-order chi connectivity index (χ1) is 11.3. The summed E-state index contributed by atoms with van der Waals surface area (Å²) >= 11 is 0. The average Bonchev–Trinajstić information content (AvgIpc) is 2.60. The van der Waals surface area contributed by atoms with Crippen molar-refractivity contribution in [3.63, 3.8) is 0 Å². The minimum atomic E-state index is -3.49. The second-order valence-electron chi connectivity index (χ2n) is 7.11. The number of nitrogens with one attached hydrogen (secondary N) is 1. The molecule has 0 aromatic heterocycles. The molecule has 0 bridgehead atoms. The van der Waals surface area contributed by atoms with Gasteiger partial charge in [-0.15, -0.1) is 0 Å². The largest absolute Gasteiger partial charge is 0.379 e. The van der Waals surface area contributed by atoms with Gasteiger partial charge in [-0.3, -0.25) is 4.90 Å². The number of sulfonamides is 1. The quantitative estimate of drug-likeness (QED) is 0.818. The molecule has 0 radical (unpaired) electrons. The zero-order chi connectivity index (χ0) is 17.8. The minimum absolute atomic E-state index is 0.243. The van der Waals surface area contributed by atoms with E-state index in [-0.39, 0.29) is 5.54 Å². The molecule has 0 aliphatic carbocycles. The van der Waals surface area contributed by atoms with E-state index in [2.05, 4.69) is 37.3 Å². The van der Waals surface area contributed by atoms with Crippen molar-refractivity contribution in [2.24, 2.45) is 0 Å². The van der Waals surface area contributed by atoms with E-state index >= 15 is 0 Å². The summed E-state index contributed by atoms with van der Waals surface area (Å²) in [5.74, 6) is 0.440. The SMILES string of the molecule is CCC(C)c1ccc(S(=O)(=O)NCC(C)(C)N2CCOCC2)cc1. The summed E-state index contributed by atoms with van der Waals surface area (Å²) in [4.78, 5) is 2.60. The van der Waals surface area contributed by atoms with Crippen molar-refractivity contribution < 1.29 is 13.2 Å². The number of rotatable bonds is 7. The van der Waals surface area contributed by atoms with Crippen molar-refractivity contribution in [3.05, 3.63) is 29.8 Å². The van der Waals surface area contributed by atoms with E-state index in [0.717, 1.165) is 19.5 Å². The first-order valence-corrected chi connectivity index (χ1v) is 10.2. The third-order valence-electron chi connectivity index (χ3n) is 4.93. The van der Waals surface area contributed by atoms with Crippen LogP contribution in [-0.2, 0) is 14.8 Å². The van der Waals surface area contributed by atoms with E-state index < -0.39 is 10.0 Å². The van der Waals surface area contributed by atoms with Crippen LogP contribution < -0.4 is 4.72 Å². The summed E-state index contributed by atoms with van der Waals surface area (Å²) in [6.07, 6.45) is 1.04. The van der Waals surface area contributed by atoms with Gasteiger partial charge in [0.2, 0.25) is 10.0 Å². The van der Waals surface area contributed by atoms with Gasteiger partial charge in [-0.1, -0.05) is 26.0 Å². The van der Waals surface area contributed by atoms with Crippen LogP contribution in [0, 0.1) is 0 Å². The Morgan fingerprint density at radius 3 is 2.33 bits per heavy atom. The van der Waals surface area contributed by atoms with Crippen LogP contribution in [0.1, 0.15) is 45.6 Å². The Balaban J connectivity index is 2.02. The van der Waals surface area contributed by atoms with Crippen molar-refractivity contribution in [2.45, 2.75) is 50.5 Å². The molecule has 6 heteroatoms. The molecular weight excluding hydrogens is 324 g/mol. The molecule has 1 aromatic rings. The van der Waals surface area contributed by atoms with Crippen molar-refractivity contribution in [1.82, 2.24) is 9.62 Å². The smallest absolute Gasteiger partial charge is 0.240 e. The lowest BCUT2D eigenvalue weighted by molar-refractivity contribution is -0.00803. The van der Waals surface area contributed by atoms with Gasteiger partial charge in [-0.2, -0.15) is 0 Å². The maximum absolute atomic E-state index is 12.6. The second kappa shape index (κ2) is 7.95. The first kappa shape index (κ1) is 19.4. The molecule has 1 saturated heterocycles. The monoisotopic (exact) mass is 354 g/mol. The van der Waals surface area contributed by atoms with Crippen molar-refractivity contribution in [1.29, 1.82) is 0 Å². The van der Waals surface area contributed by atoms with Gasteiger partial charge >= 0.3 is 0 Å². The van der Waals surface area contributed by atoms with Crippen molar-refractivity contribution in [3.8, 4) is 0 Å². The molecule has 1 aromatic carbocycles. The molecule has 0 saturated carbocycles. The zero-order valence-corrected chi connectivity index (χ0v) is 16.0. The van der Waals surface area contributed by atoms with Gasteiger partial charge in [0, 0.05) is 25.2 Å². The van der Waals surface area contributed by atoms with Crippen LogP contribution in [0.3, 0.4) is 0 Å². The summed E-state index contributed by atoms with van der Waals surface area (Å²) in [6.45, 7) is 11.8. The van der Waals surface area contributed by atoms with Crippen LogP contribution in [0.4, 0.5) is 0 Å². The summed E-state index contributed by atoms with van der Waals surface area (Å²) in [5, 5.41) is 0. The lowest BCUT2D eigenvalue weighted by Crippen LogP contribution is -2.55. The molecule has 0 amide bonds. The molecule has 1 aliphatic rings. The fourth-order valence-electron chi connectivity index (χ4n) is 2.85. The lowest BCUT2D eigenvalue weighted by atomic mass is 9.99. The highest BCUT2D eigenvalue weighted by atomic mass is 32.2. The van der Waals surface area contributed by atoms with Gasteiger partial charge in [0.15, 0.2) is 0 Å². The molecule has 136 valence electrons. The predicted molar refractivity (Wildman–Crippen MR) is 96.8 cm³/mol. The van der Waals surface area contributed by atoms with E-state index in [4.69, 9.17) is 4.74 Å². The molecule has 0 spiro atoms. The van der Waals surface area contributed by atoms with Crippen LogP contribution >= 0.6 is 0 Å². The Morgan fingerprint density at radius 1 is 1.21 bits per heavy atom. The number of benzene rings is 1. The minimum Gasteiger partial charge on any atom is -0.379 e. The van der Waals surface area contributed by atoms with E-state index in [9.17, 15) is 8.42 Å². The molecule has 1 unspecified atom stereocenters. The van der Waals surface area contributed by atoms with Gasteiger partial charge in [0.25, 0.3) is 0 Å². The van der Waals surface area contributed by atoms with E-state index in [1.165, 1.54) is 5.56 Å². The maximum atomic E-state index is 12.6. The van der Waals surface area contributed by atoms with Crippen LogP contribution in [0.15, 0.2) is 29.2 Å². The summed E-state index contributed by atoms with van der Waals surface area (Å²) < 4.78 is 33.3. The second-order valence-corrected chi connectivity index (χ2v) is 8.88. The van der Waals surface area contributed by atoms with Gasteiger partial charge < -0.3 is 4.74 Å². The fourth-order valence-corrected chi connectivity index (χ4v) is 4.05. The van der Waals surface area contributed by atoms with Gasteiger partial charge in [0.05, 0.1) is 18.1 Å². The number of morpholine rings is 1. The number of nitrogens with zero attached hydrogens (tertiary/aromatic N) is 1. The van der Waals surface area contributed by atoms with E-state index in [1.807, 2.05) is 12.1 Å². The number of ether oxygens (including phenoxy) is 1. The Labute approximate surface area is 146 Å². The molecule has 1 fully saturated rings. The Bertz CT molecular complexity index is 620. The van der Waals surface area contributed by atoms with Crippen LogP contribution in [0.2, 0.25) is 0 Å². The normalized spacial score (nSPS) is 18.5.